The molecule has 0 aliphatic heterocycles. The summed E-state index contributed by atoms with van der Waals surface area (Å²) in [7, 11) is 0. The summed E-state index contributed by atoms with van der Waals surface area (Å²) in [6.45, 7) is 4.35. The Labute approximate surface area is 104 Å². The molecule has 17 heavy (non-hydrogen) atoms. The molecule has 0 saturated heterocycles. The number of hydrogen-bond acceptors (Lipinski definition) is 3. The van der Waals surface area contributed by atoms with E-state index in [4.69, 9.17) is 5.73 Å². The Bertz CT molecular complexity index is 368. The molecule has 0 aromatic carbocycles. The fourth-order valence-corrected chi connectivity index (χ4v) is 2.66. The van der Waals surface area contributed by atoms with E-state index < -0.39 is 0 Å². The summed E-state index contributed by atoms with van der Waals surface area (Å²) in [4.78, 5) is 4.37. The van der Waals surface area contributed by atoms with Gasteiger partial charge >= 0.3 is 0 Å². The minimum atomic E-state index is 0.590. The number of aryl methyl sites for hydroxylation is 1. The summed E-state index contributed by atoms with van der Waals surface area (Å²) < 4.78 is 0. The number of rotatable bonds is 3. The number of pyridine rings is 1. The van der Waals surface area contributed by atoms with Crippen molar-refractivity contribution in [3.05, 3.63) is 17.8 Å². The summed E-state index contributed by atoms with van der Waals surface area (Å²) in [6.07, 6.45) is 8.29. The number of nitrogens with two attached hydrogens (primary N) is 1. The Morgan fingerprint density at radius 1 is 1.35 bits per heavy atom. The van der Waals surface area contributed by atoms with E-state index in [1.807, 2.05) is 6.07 Å². The Kier molecular flexibility index (Phi) is 3.87. The molecule has 1 heterocycles. The van der Waals surface area contributed by atoms with Crippen LogP contribution >= 0.6 is 0 Å². The van der Waals surface area contributed by atoms with E-state index >= 15 is 0 Å². The van der Waals surface area contributed by atoms with Crippen molar-refractivity contribution in [3.8, 4) is 0 Å². The zero-order valence-corrected chi connectivity index (χ0v) is 10.9. The molecule has 94 valence electrons. The molecule has 0 amide bonds. The molecule has 0 bridgehead atoms. The second-order valence-electron chi connectivity index (χ2n) is 5.20. The lowest BCUT2D eigenvalue weighted by Crippen LogP contribution is -2.26. The molecule has 3 N–H and O–H groups in total. The van der Waals surface area contributed by atoms with Crippen LogP contribution in [0.5, 0.6) is 0 Å². The normalized spacial score (nSPS) is 24.6. The van der Waals surface area contributed by atoms with Crippen molar-refractivity contribution >= 4 is 11.5 Å². The third-order valence-corrected chi connectivity index (χ3v) is 3.86. The number of nitrogens with one attached hydrogen (secondary N) is 1. The maximum atomic E-state index is 5.71. The van der Waals surface area contributed by atoms with Crippen LogP contribution < -0.4 is 11.1 Å². The van der Waals surface area contributed by atoms with Crippen molar-refractivity contribution in [1.29, 1.82) is 0 Å². The van der Waals surface area contributed by atoms with Crippen LogP contribution in [0.25, 0.3) is 0 Å². The summed E-state index contributed by atoms with van der Waals surface area (Å²) in [6, 6.07) is 2.57. The molecule has 0 spiro atoms. The van der Waals surface area contributed by atoms with Crippen LogP contribution in [0.15, 0.2) is 12.3 Å². The lowest BCUT2D eigenvalue weighted by Gasteiger charge is -2.29. The van der Waals surface area contributed by atoms with E-state index in [0.29, 0.717) is 6.04 Å². The molecule has 0 atom stereocenters. The fourth-order valence-electron chi connectivity index (χ4n) is 2.66. The van der Waals surface area contributed by atoms with Crippen molar-refractivity contribution in [2.75, 3.05) is 11.1 Å². The summed E-state index contributed by atoms with van der Waals surface area (Å²) in [5.41, 5.74) is 7.59. The van der Waals surface area contributed by atoms with Crippen molar-refractivity contribution in [2.45, 2.75) is 52.0 Å². The van der Waals surface area contributed by atoms with E-state index in [9.17, 15) is 0 Å². The van der Waals surface area contributed by atoms with Gasteiger partial charge in [0.15, 0.2) is 0 Å². The molecular weight excluding hydrogens is 210 g/mol. The quantitative estimate of drug-likeness (QED) is 0.841. The van der Waals surface area contributed by atoms with E-state index in [1.54, 1.807) is 6.20 Å². The monoisotopic (exact) mass is 233 g/mol. The number of nitrogen functional groups attached to an aromatic ring is 1. The van der Waals surface area contributed by atoms with Crippen LogP contribution in [0, 0.1) is 12.8 Å². The van der Waals surface area contributed by atoms with Gasteiger partial charge in [-0.25, -0.2) is 4.98 Å². The molecule has 1 saturated carbocycles. The van der Waals surface area contributed by atoms with Crippen LogP contribution in [0.2, 0.25) is 0 Å². The highest BCUT2D eigenvalue weighted by molar-refractivity contribution is 5.51. The first kappa shape index (κ1) is 12.2. The molecular formula is C14H23N3. The predicted octanol–water partition coefficient (Wildman–Crippen LogP) is 3.35. The maximum absolute atomic E-state index is 5.71. The standard InChI is InChI=1S/C14H23N3/c1-3-11-4-6-13(7-5-11)17-14-10(2)8-12(15)9-16-14/h8-9,11,13H,3-7,15H2,1-2H3,(H,16,17). The Morgan fingerprint density at radius 3 is 2.65 bits per heavy atom. The SMILES string of the molecule is CCC1CCC(Nc2ncc(N)cc2C)CC1. The van der Waals surface area contributed by atoms with Gasteiger partial charge in [0.25, 0.3) is 0 Å². The first-order valence-electron chi connectivity index (χ1n) is 6.67. The van der Waals surface area contributed by atoms with Gasteiger partial charge in [-0.15, -0.1) is 0 Å². The zero-order chi connectivity index (χ0) is 12.3. The summed E-state index contributed by atoms with van der Waals surface area (Å²) in [5.74, 6) is 1.94. The van der Waals surface area contributed by atoms with Gasteiger partial charge < -0.3 is 11.1 Å². The lowest BCUT2D eigenvalue weighted by molar-refractivity contribution is 0.330. The van der Waals surface area contributed by atoms with Crippen molar-refractivity contribution in [3.63, 3.8) is 0 Å². The molecule has 3 heteroatoms. The number of hydrogen-bond donors (Lipinski definition) is 2. The second kappa shape index (κ2) is 5.39. The number of nitrogens with zero attached hydrogens (tertiary/aromatic N) is 1. The van der Waals surface area contributed by atoms with Crippen LogP contribution in [-0.4, -0.2) is 11.0 Å². The third kappa shape index (κ3) is 3.11. The topological polar surface area (TPSA) is 50.9 Å². The van der Waals surface area contributed by atoms with Gasteiger partial charge in [0, 0.05) is 6.04 Å². The molecule has 0 radical (unpaired) electrons. The summed E-state index contributed by atoms with van der Waals surface area (Å²) in [5, 5.41) is 3.55. The highest BCUT2D eigenvalue weighted by atomic mass is 15.0. The van der Waals surface area contributed by atoms with E-state index in [0.717, 1.165) is 23.0 Å². The minimum absolute atomic E-state index is 0.590. The van der Waals surface area contributed by atoms with Gasteiger partial charge in [-0.3, -0.25) is 0 Å². The van der Waals surface area contributed by atoms with Crippen LogP contribution in [0.4, 0.5) is 11.5 Å². The van der Waals surface area contributed by atoms with Crippen molar-refractivity contribution in [2.24, 2.45) is 5.92 Å². The average Bonchev–Trinajstić information content (AvgIpc) is 2.34. The maximum Gasteiger partial charge on any atom is 0.129 e. The molecule has 1 aromatic rings. The minimum Gasteiger partial charge on any atom is -0.397 e. The Morgan fingerprint density at radius 2 is 2.06 bits per heavy atom. The lowest BCUT2D eigenvalue weighted by atomic mass is 9.84. The van der Waals surface area contributed by atoms with E-state index in [2.05, 4.69) is 24.1 Å². The highest BCUT2D eigenvalue weighted by Gasteiger charge is 2.20. The van der Waals surface area contributed by atoms with Crippen molar-refractivity contribution < 1.29 is 0 Å². The van der Waals surface area contributed by atoms with E-state index in [1.165, 1.54) is 32.1 Å². The molecule has 1 aliphatic rings. The molecule has 2 rings (SSSR count). The summed E-state index contributed by atoms with van der Waals surface area (Å²) >= 11 is 0. The van der Waals surface area contributed by atoms with E-state index in [-0.39, 0.29) is 0 Å². The molecule has 3 nitrogen and oxygen atoms in total. The molecule has 1 fully saturated rings. The van der Waals surface area contributed by atoms with Gasteiger partial charge in [-0.2, -0.15) is 0 Å². The van der Waals surface area contributed by atoms with Crippen molar-refractivity contribution in [1.82, 2.24) is 4.98 Å². The van der Waals surface area contributed by atoms with Crippen LogP contribution in [0.3, 0.4) is 0 Å². The molecule has 0 unspecified atom stereocenters. The zero-order valence-electron chi connectivity index (χ0n) is 10.9. The largest absolute Gasteiger partial charge is 0.397 e. The smallest absolute Gasteiger partial charge is 0.129 e. The highest BCUT2D eigenvalue weighted by Crippen LogP contribution is 2.28. The van der Waals surface area contributed by atoms with Crippen LogP contribution in [-0.2, 0) is 0 Å². The van der Waals surface area contributed by atoms with Gasteiger partial charge in [0.1, 0.15) is 5.82 Å². The van der Waals surface area contributed by atoms with Crippen LogP contribution in [0.1, 0.15) is 44.6 Å². The van der Waals surface area contributed by atoms with Gasteiger partial charge in [-0.1, -0.05) is 13.3 Å². The Hall–Kier alpha value is -1.25. The second-order valence-corrected chi connectivity index (χ2v) is 5.20. The van der Waals surface area contributed by atoms with Gasteiger partial charge in [0.05, 0.1) is 11.9 Å². The molecule has 1 aliphatic carbocycles. The third-order valence-electron chi connectivity index (χ3n) is 3.86. The predicted molar refractivity (Wildman–Crippen MR) is 73.0 cm³/mol. The first-order valence-corrected chi connectivity index (χ1v) is 6.67. The first-order chi connectivity index (χ1) is 8.19. The molecule has 1 aromatic heterocycles. The average molecular weight is 233 g/mol. The Balaban J connectivity index is 1.93. The van der Waals surface area contributed by atoms with Gasteiger partial charge in [-0.05, 0) is 50.2 Å². The van der Waals surface area contributed by atoms with Gasteiger partial charge in [0.2, 0.25) is 0 Å². The number of anilines is 2. The fraction of sp³-hybridized carbons (Fsp3) is 0.643. The number of aromatic nitrogens is 1.